The molecule has 1 aromatic carbocycles. The van der Waals surface area contributed by atoms with Gasteiger partial charge in [0.1, 0.15) is 10.7 Å². The molecule has 1 aromatic heterocycles. The number of rotatable bonds is 6. The Morgan fingerprint density at radius 1 is 1.45 bits per heavy atom. The van der Waals surface area contributed by atoms with Gasteiger partial charge >= 0.3 is 5.88 Å². The molecule has 0 unspecified atom stereocenters. The normalized spacial score (nSPS) is 10.6. The number of nitro groups is 1. The predicted molar refractivity (Wildman–Crippen MR) is 80.7 cm³/mol. The topological polar surface area (TPSA) is 107 Å². The fraction of sp³-hybridized carbons (Fsp3) is 0.0769. The van der Waals surface area contributed by atoms with Crippen molar-refractivity contribution in [2.45, 2.75) is 0 Å². The van der Waals surface area contributed by atoms with Crippen molar-refractivity contribution in [2.24, 2.45) is 5.10 Å². The maximum Gasteiger partial charge on any atom is 0.433 e. The lowest BCUT2D eigenvalue weighted by Gasteiger charge is -2.04. The highest BCUT2D eigenvalue weighted by Crippen LogP contribution is 2.17. The van der Waals surface area contributed by atoms with Crippen LogP contribution in [0.1, 0.15) is 5.76 Å². The molecule has 0 radical (unpaired) electrons. The highest BCUT2D eigenvalue weighted by Gasteiger charge is 2.10. The average Bonchev–Trinajstić information content (AvgIpc) is 2.94. The summed E-state index contributed by atoms with van der Waals surface area (Å²) < 4.78 is 10.9. The van der Waals surface area contributed by atoms with Gasteiger partial charge in [-0.1, -0.05) is 22.0 Å². The summed E-state index contributed by atoms with van der Waals surface area (Å²) in [4.78, 5) is 21.3. The highest BCUT2D eigenvalue weighted by molar-refractivity contribution is 9.10. The Morgan fingerprint density at radius 3 is 2.95 bits per heavy atom. The van der Waals surface area contributed by atoms with Crippen LogP contribution in [-0.4, -0.2) is 23.7 Å². The van der Waals surface area contributed by atoms with Crippen molar-refractivity contribution in [1.29, 1.82) is 0 Å². The molecule has 0 saturated heterocycles. The number of hydrazone groups is 1. The van der Waals surface area contributed by atoms with Crippen LogP contribution < -0.4 is 10.2 Å². The van der Waals surface area contributed by atoms with Gasteiger partial charge in [0.15, 0.2) is 12.4 Å². The number of hydrogen-bond acceptors (Lipinski definition) is 6. The van der Waals surface area contributed by atoms with Crippen LogP contribution >= 0.6 is 15.9 Å². The van der Waals surface area contributed by atoms with Gasteiger partial charge in [0.05, 0.1) is 12.3 Å². The zero-order valence-electron chi connectivity index (χ0n) is 11.1. The first kappa shape index (κ1) is 15.7. The van der Waals surface area contributed by atoms with Crippen molar-refractivity contribution in [3.63, 3.8) is 0 Å². The summed E-state index contributed by atoms with van der Waals surface area (Å²) in [5.74, 6) is -0.182. The van der Waals surface area contributed by atoms with Gasteiger partial charge in [0.25, 0.3) is 5.91 Å². The van der Waals surface area contributed by atoms with Crippen LogP contribution in [-0.2, 0) is 4.79 Å². The van der Waals surface area contributed by atoms with Gasteiger partial charge in [-0.25, -0.2) is 5.43 Å². The molecule has 9 heteroatoms. The summed E-state index contributed by atoms with van der Waals surface area (Å²) in [6, 6.07) is 9.60. The lowest BCUT2D eigenvalue weighted by atomic mass is 10.3. The Kier molecular flexibility index (Phi) is 5.26. The summed E-state index contributed by atoms with van der Waals surface area (Å²) in [6.45, 7) is -0.216. The number of benzene rings is 1. The Morgan fingerprint density at radius 2 is 2.27 bits per heavy atom. The Hall–Kier alpha value is -2.68. The monoisotopic (exact) mass is 367 g/mol. The zero-order chi connectivity index (χ0) is 15.9. The number of ether oxygens (including phenoxy) is 1. The second-order valence-electron chi connectivity index (χ2n) is 3.97. The molecule has 0 spiro atoms. The minimum atomic E-state index is -0.665. The van der Waals surface area contributed by atoms with E-state index in [1.54, 1.807) is 18.2 Å². The van der Waals surface area contributed by atoms with Crippen LogP contribution in [0.15, 0.2) is 50.4 Å². The van der Waals surface area contributed by atoms with E-state index in [0.29, 0.717) is 5.75 Å². The number of nitrogens with zero attached hydrogens (tertiary/aromatic N) is 2. The maximum atomic E-state index is 11.5. The molecule has 22 heavy (non-hydrogen) atoms. The second kappa shape index (κ2) is 7.36. The molecule has 0 saturated carbocycles. The van der Waals surface area contributed by atoms with Gasteiger partial charge in [-0.3, -0.25) is 14.9 Å². The molecule has 1 N–H and O–H groups in total. The second-order valence-corrected chi connectivity index (χ2v) is 4.89. The number of carbonyl (C=O) groups excluding carboxylic acids is 1. The van der Waals surface area contributed by atoms with Crippen molar-refractivity contribution >= 4 is 33.9 Å². The first-order valence-corrected chi connectivity index (χ1v) is 6.78. The molecule has 0 fully saturated rings. The van der Waals surface area contributed by atoms with Crippen LogP contribution in [0.25, 0.3) is 0 Å². The molecular weight excluding hydrogens is 358 g/mol. The van der Waals surface area contributed by atoms with E-state index in [0.717, 1.165) is 10.7 Å². The van der Waals surface area contributed by atoms with Gasteiger partial charge in [-0.05, 0) is 24.3 Å². The predicted octanol–water partition coefficient (Wildman–Crippen LogP) is 2.48. The molecule has 0 bridgehead atoms. The van der Waals surface area contributed by atoms with E-state index in [4.69, 9.17) is 9.15 Å². The average molecular weight is 368 g/mol. The molecule has 1 heterocycles. The van der Waals surface area contributed by atoms with Crippen molar-refractivity contribution < 1.29 is 18.9 Å². The number of carbonyl (C=O) groups is 1. The summed E-state index contributed by atoms with van der Waals surface area (Å²) in [5.41, 5.74) is 2.22. The van der Waals surface area contributed by atoms with Gasteiger partial charge in [-0.2, -0.15) is 5.10 Å². The standard InChI is InChI=1S/C13H10BrN3O5/c14-9-2-1-3-10(6-9)21-8-12(18)16-15-7-11-4-5-13(22-11)17(19)20/h1-7H,8H2,(H,16,18). The van der Waals surface area contributed by atoms with Crippen molar-refractivity contribution in [1.82, 2.24) is 5.43 Å². The van der Waals surface area contributed by atoms with Crippen LogP contribution in [0.2, 0.25) is 0 Å². The minimum absolute atomic E-state index is 0.153. The molecule has 1 amide bonds. The highest BCUT2D eigenvalue weighted by atomic mass is 79.9. The lowest BCUT2D eigenvalue weighted by molar-refractivity contribution is -0.402. The maximum absolute atomic E-state index is 11.5. The van der Waals surface area contributed by atoms with Crippen molar-refractivity contribution in [3.05, 3.63) is 56.7 Å². The third-order valence-electron chi connectivity index (χ3n) is 2.34. The minimum Gasteiger partial charge on any atom is -0.484 e. The molecule has 0 aliphatic rings. The fourth-order valence-corrected chi connectivity index (χ4v) is 1.79. The first-order chi connectivity index (χ1) is 10.5. The fourth-order valence-electron chi connectivity index (χ4n) is 1.42. The van der Waals surface area contributed by atoms with E-state index in [1.807, 2.05) is 6.07 Å². The third-order valence-corrected chi connectivity index (χ3v) is 2.83. The van der Waals surface area contributed by atoms with Crippen LogP contribution in [0.3, 0.4) is 0 Å². The van der Waals surface area contributed by atoms with Gasteiger partial charge < -0.3 is 9.15 Å². The Labute approximate surface area is 133 Å². The van der Waals surface area contributed by atoms with Crippen molar-refractivity contribution in [2.75, 3.05) is 6.61 Å². The van der Waals surface area contributed by atoms with Gasteiger partial charge in [-0.15, -0.1) is 0 Å². The Balaban J connectivity index is 1.79. The summed E-state index contributed by atoms with van der Waals surface area (Å²) >= 11 is 3.29. The van der Waals surface area contributed by atoms with E-state index in [9.17, 15) is 14.9 Å². The van der Waals surface area contributed by atoms with Gasteiger partial charge in [0.2, 0.25) is 0 Å². The van der Waals surface area contributed by atoms with E-state index in [2.05, 4.69) is 26.5 Å². The number of halogens is 1. The number of hydrogen-bond donors (Lipinski definition) is 1. The first-order valence-electron chi connectivity index (χ1n) is 5.99. The molecule has 2 rings (SSSR count). The Bertz CT molecular complexity index is 713. The summed E-state index contributed by atoms with van der Waals surface area (Å²) in [5, 5.41) is 14.0. The third kappa shape index (κ3) is 4.70. The smallest absolute Gasteiger partial charge is 0.433 e. The van der Waals surface area contributed by atoms with Crippen LogP contribution in [0.5, 0.6) is 5.75 Å². The molecule has 0 aliphatic heterocycles. The molecule has 0 aliphatic carbocycles. The SMILES string of the molecule is O=C(COc1cccc(Br)c1)NN=Cc1ccc([N+](=O)[O-])o1. The molecule has 0 atom stereocenters. The number of furan rings is 1. The zero-order valence-corrected chi connectivity index (χ0v) is 12.6. The molecular formula is C13H10BrN3O5. The molecule has 114 valence electrons. The van der Waals surface area contributed by atoms with Crippen LogP contribution in [0.4, 0.5) is 5.88 Å². The molecule has 8 nitrogen and oxygen atoms in total. The van der Waals surface area contributed by atoms with E-state index >= 15 is 0 Å². The summed E-state index contributed by atoms with van der Waals surface area (Å²) in [6.07, 6.45) is 1.16. The van der Waals surface area contributed by atoms with E-state index < -0.39 is 16.7 Å². The van der Waals surface area contributed by atoms with Crippen molar-refractivity contribution in [3.8, 4) is 5.75 Å². The summed E-state index contributed by atoms with van der Waals surface area (Å²) in [7, 11) is 0. The number of nitrogens with one attached hydrogen (secondary N) is 1. The van der Waals surface area contributed by atoms with Gasteiger partial charge in [0, 0.05) is 4.47 Å². The van der Waals surface area contributed by atoms with E-state index in [-0.39, 0.29) is 12.4 Å². The molecule has 2 aromatic rings. The van der Waals surface area contributed by atoms with E-state index in [1.165, 1.54) is 12.1 Å². The largest absolute Gasteiger partial charge is 0.484 e. The van der Waals surface area contributed by atoms with Crippen LogP contribution in [0, 0.1) is 10.1 Å². The number of amides is 1. The lowest BCUT2D eigenvalue weighted by Crippen LogP contribution is -2.24. The quantitative estimate of drug-likeness (QED) is 0.479.